The second-order valence-electron chi connectivity index (χ2n) is 5.06. The first kappa shape index (κ1) is 11.7. The van der Waals surface area contributed by atoms with E-state index in [-0.39, 0.29) is 0 Å². The van der Waals surface area contributed by atoms with E-state index in [4.69, 9.17) is 0 Å². The number of hydrogen-bond donors (Lipinski definition) is 1. The van der Waals surface area contributed by atoms with Crippen LogP contribution in [-0.4, -0.2) is 55.1 Å². The summed E-state index contributed by atoms with van der Waals surface area (Å²) in [7, 11) is 0. The van der Waals surface area contributed by atoms with Crippen LogP contribution in [0.3, 0.4) is 0 Å². The number of rotatable bonds is 3. The summed E-state index contributed by atoms with van der Waals surface area (Å²) in [5.41, 5.74) is 0. The predicted octanol–water partition coefficient (Wildman–Crippen LogP) is 1.23. The van der Waals surface area contributed by atoms with Gasteiger partial charge in [-0.05, 0) is 31.0 Å². The van der Waals surface area contributed by atoms with E-state index in [0.717, 1.165) is 12.6 Å². The van der Waals surface area contributed by atoms with Crippen LogP contribution in [0, 0.1) is 0 Å². The van der Waals surface area contributed by atoms with E-state index in [2.05, 4.69) is 32.6 Å². The Kier molecular flexibility index (Phi) is 3.76. The maximum Gasteiger partial charge on any atom is 0.0345 e. The van der Waals surface area contributed by atoms with Gasteiger partial charge in [-0.15, -0.1) is 11.3 Å². The molecule has 0 unspecified atom stereocenters. The van der Waals surface area contributed by atoms with Gasteiger partial charge >= 0.3 is 0 Å². The first-order chi connectivity index (χ1) is 8.42. The molecule has 0 radical (unpaired) electrons. The van der Waals surface area contributed by atoms with Crippen LogP contribution in [-0.2, 0) is 6.54 Å². The van der Waals surface area contributed by atoms with Gasteiger partial charge in [-0.2, -0.15) is 0 Å². The van der Waals surface area contributed by atoms with Crippen LogP contribution in [0.15, 0.2) is 17.5 Å². The average molecular weight is 251 g/mol. The number of nitrogens with zero attached hydrogens (tertiary/aromatic N) is 2. The second kappa shape index (κ2) is 5.48. The van der Waals surface area contributed by atoms with Crippen molar-refractivity contribution in [1.82, 2.24) is 15.1 Å². The van der Waals surface area contributed by atoms with E-state index < -0.39 is 0 Å². The largest absolute Gasteiger partial charge is 0.314 e. The third-order valence-corrected chi connectivity index (χ3v) is 4.72. The van der Waals surface area contributed by atoms with E-state index >= 15 is 0 Å². The molecule has 2 aliphatic rings. The lowest BCUT2D eigenvalue weighted by atomic mass is 10.1. The zero-order valence-corrected chi connectivity index (χ0v) is 11.1. The molecule has 2 fully saturated rings. The van der Waals surface area contributed by atoms with Crippen LogP contribution in [0.2, 0.25) is 0 Å². The summed E-state index contributed by atoms with van der Waals surface area (Å²) in [6, 6.07) is 5.23. The predicted molar refractivity (Wildman–Crippen MR) is 72.4 cm³/mol. The highest BCUT2D eigenvalue weighted by atomic mass is 32.1. The van der Waals surface area contributed by atoms with Gasteiger partial charge in [0.15, 0.2) is 0 Å². The lowest BCUT2D eigenvalue weighted by Gasteiger charge is -2.37. The molecule has 3 nitrogen and oxygen atoms in total. The van der Waals surface area contributed by atoms with Gasteiger partial charge in [-0.3, -0.25) is 9.80 Å². The van der Waals surface area contributed by atoms with Crippen molar-refractivity contribution in [2.45, 2.75) is 19.0 Å². The zero-order valence-electron chi connectivity index (χ0n) is 10.3. The Morgan fingerprint density at radius 2 is 2.18 bits per heavy atom. The molecule has 3 rings (SSSR count). The Balaban J connectivity index is 1.51. The third kappa shape index (κ3) is 2.88. The monoisotopic (exact) mass is 251 g/mol. The molecule has 3 heterocycles. The molecule has 0 aromatic carbocycles. The molecule has 1 N–H and O–H groups in total. The van der Waals surface area contributed by atoms with Crippen molar-refractivity contribution in [1.29, 1.82) is 0 Å². The Morgan fingerprint density at radius 1 is 1.24 bits per heavy atom. The highest BCUT2D eigenvalue weighted by Gasteiger charge is 2.26. The second-order valence-corrected chi connectivity index (χ2v) is 6.09. The van der Waals surface area contributed by atoms with Gasteiger partial charge in [-0.1, -0.05) is 6.07 Å². The van der Waals surface area contributed by atoms with E-state index in [1.807, 2.05) is 11.3 Å². The molecule has 2 aliphatic heterocycles. The SMILES string of the molecule is c1csc(CN2CCCN(C3CNC3)CC2)c1. The van der Waals surface area contributed by atoms with Gasteiger partial charge in [0.25, 0.3) is 0 Å². The normalized spacial score (nSPS) is 24.5. The van der Waals surface area contributed by atoms with Gasteiger partial charge in [0.05, 0.1) is 0 Å². The van der Waals surface area contributed by atoms with Gasteiger partial charge in [0.1, 0.15) is 0 Å². The first-order valence-corrected chi connectivity index (χ1v) is 7.49. The molecule has 0 aliphatic carbocycles. The molecule has 2 saturated heterocycles. The molecule has 0 spiro atoms. The molecular weight excluding hydrogens is 230 g/mol. The highest BCUT2D eigenvalue weighted by molar-refractivity contribution is 7.09. The van der Waals surface area contributed by atoms with Gasteiger partial charge in [0, 0.05) is 43.6 Å². The van der Waals surface area contributed by atoms with Crippen LogP contribution < -0.4 is 5.32 Å². The fourth-order valence-corrected chi connectivity index (χ4v) is 3.41. The summed E-state index contributed by atoms with van der Waals surface area (Å²) in [6.07, 6.45) is 1.32. The minimum atomic E-state index is 0.816. The topological polar surface area (TPSA) is 18.5 Å². The van der Waals surface area contributed by atoms with Crippen molar-refractivity contribution in [3.05, 3.63) is 22.4 Å². The van der Waals surface area contributed by atoms with Crippen LogP contribution in [0.1, 0.15) is 11.3 Å². The first-order valence-electron chi connectivity index (χ1n) is 6.61. The molecule has 0 atom stereocenters. The Morgan fingerprint density at radius 3 is 2.88 bits per heavy atom. The average Bonchev–Trinajstić information content (AvgIpc) is 2.65. The summed E-state index contributed by atoms with van der Waals surface area (Å²) in [5, 5.41) is 5.55. The van der Waals surface area contributed by atoms with Crippen molar-refractivity contribution >= 4 is 11.3 Å². The van der Waals surface area contributed by atoms with E-state index in [9.17, 15) is 0 Å². The Hall–Kier alpha value is -0.420. The summed E-state index contributed by atoms with van der Waals surface area (Å²) >= 11 is 1.88. The quantitative estimate of drug-likeness (QED) is 0.871. The smallest absolute Gasteiger partial charge is 0.0345 e. The summed E-state index contributed by atoms with van der Waals surface area (Å²) < 4.78 is 0. The summed E-state index contributed by atoms with van der Waals surface area (Å²) in [4.78, 5) is 6.78. The maximum absolute atomic E-state index is 3.37. The lowest BCUT2D eigenvalue weighted by Crippen LogP contribution is -2.57. The van der Waals surface area contributed by atoms with Crippen LogP contribution in [0.4, 0.5) is 0 Å². The molecule has 0 bridgehead atoms. The highest BCUT2D eigenvalue weighted by Crippen LogP contribution is 2.15. The molecule has 1 aromatic heterocycles. The van der Waals surface area contributed by atoms with Gasteiger partial charge in [-0.25, -0.2) is 0 Å². The third-order valence-electron chi connectivity index (χ3n) is 3.86. The van der Waals surface area contributed by atoms with Crippen molar-refractivity contribution in [3.8, 4) is 0 Å². The van der Waals surface area contributed by atoms with Crippen molar-refractivity contribution in [3.63, 3.8) is 0 Å². The maximum atomic E-state index is 3.37. The molecule has 94 valence electrons. The van der Waals surface area contributed by atoms with E-state index in [0.29, 0.717) is 0 Å². The molecule has 1 aromatic rings. The minimum Gasteiger partial charge on any atom is -0.314 e. The summed E-state index contributed by atoms with van der Waals surface area (Å²) in [5.74, 6) is 0. The summed E-state index contributed by atoms with van der Waals surface area (Å²) in [6.45, 7) is 8.57. The molecule has 4 heteroatoms. The fourth-order valence-electron chi connectivity index (χ4n) is 2.67. The van der Waals surface area contributed by atoms with Crippen molar-refractivity contribution in [2.24, 2.45) is 0 Å². The number of hydrogen-bond acceptors (Lipinski definition) is 4. The van der Waals surface area contributed by atoms with Crippen LogP contribution in [0.25, 0.3) is 0 Å². The number of nitrogens with one attached hydrogen (secondary N) is 1. The van der Waals surface area contributed by atoms with E-state index in [1.165, 1.54) is 50.6 Å². The minimum absolute atomic E-state index is 0.816. The Labute approximate surface area is 107 Å². The van der Waals surface area contributed by atoms with E-state index in [1.54, 1.807) is 0 Å². The lowest BCUT2D eigenvalue weighted by molar-refractivity contribution is 0.148. The van der Waals surface area contributed by atoms with Crippen molar-refractivity contribution < 1.29 is 0 Å². The van der Waals surface area contributed by atoms with Gasteiger partial charge in [0.2, 0.25) is 0 Å². The number of thiophene rings is 1. The zero-order chi connectivity index (χ0) is 11.5. The standard InChI is InChI=1S/C13H21N3S/c1-3-13(17-8-1)11-15-4-2-5-16(7-6-15)12-9-14-10-12/h1,3,8,12,14H,2,4-7,9-11H2. The molecule has 0 saturated carbocycles. The van der Waals surface area contributed by atoms with Gasteiger partial charge < -0.3 is 5.32 Å². The molecular formula is C13H21N3S. The Bertz CT molecular complexity index is 334. The van der Waals surface area contributed by atoms with Crippen LogP contribution >= 0.6 is 11.3 Å². The molecule has 17 heavy (non-hydrogen) atoms. The van der Waals surface area contributed by atoms with Crippen LogP contribution in [0.5, 0.6) is 0 Å². The fraction of sp³-hybridized carbons (Fsp3) is 0.692. The molecule has 0 amide bonds. The van der Waals surface area contributed by atoms with Crippen molar-refractivity contribution in [2.75, 3.05) is 39.3 Å².